The van der Waals surface area contributed by atoms with Crippen molar-refractivity contribution in [2.75, 3.05) is 0 Å². The number of hydrogen-bond donors (Lipinski definition) is 1. The van der Waals surface area contributed by atoms with E-state index in [2.05, 4.69) is 0 Å². The zero-order valence-corrected chi connectivity index (χ0v) is 5.18. The molecule has 0 heterocycles. The van der Waals surface area contributed by atoms with E-state index in [9.17, 15) is 0 Å². The molecule has 0 aromatic rings. The molecule has 0 aliphatic carbocycles. The largest absolute Gasteiger partial charge is 0.405 e. The summed E-state index contributed by atoms with van der Waals surface area (Å²) < 4.78 is 0. The van der Waals surface area contributed by atoms with Crippen molar-refractivity contribution >= 4 is 24.8 Å². The monoisotopic (exact) mass is 129 g/mol. The second-order valence-electron chi connectivity index (χ2n) is 0.526. The topological polar surface area (TPSA) is 26.0 Å². The van der Waals surface area contributed by atoms with Gasteiger partial charge in [0.15, 0.2) is 0 Å². The van der Waals surface area contributed by atoms with Crippen LogP contribution in [-0.4, -0.2) is 0 Å². The molecule has 0 amide bonds. The average Bonchev–Trinajstić information content (AvgIpc) is 1.37. The minimum atomic E-state index is 0. The normalized spacial score (nSPS) is 6.17. The Morgan fingerprint density at radius 2 is 1.50 bits per heavy atom. The van der Waals surface area contributed by atoms with Crippen molar-refractivity contribution in [2.45, 2.75) is 6.92 Å². The molecule has 6 heavy (non-hydrogen) atoms. The molecule has 0 aliphatic heterocycles. The summed E-state index contributed by atoms with van der Waals surface area (Å²) in [6.07, 6.45) is 3.28. The summed E-state index contributed by atoms with van der Waals surface area (Å²) in [6.45, 7) is 1.88. The van der Waals surface area contributed by atoms with Gasteiger partial charge in [0.1, 0.15) is 0 Å². The van der Waals surface area contributed by atoms with Crippen LogP contribution >= 0.6 is 24.8 Å². The highest BCUT2D eigenvalue weighted by Crippen LogP contribution is 1.47. The number of nitrogens with two attached hydrogens (primary N) is 1. The van der Waals surface area contributed by atoms with Gasteiger partial charge in [-0.05, 0) is 13.1 Å². The maximum absolute atomic E-state index is 4.85. The molecule has 0 aromatic carbocycles. The van der Waals surface area contributed by atoms with Gasteiger partial charge in [-0.1, -0.05) is 6.08 Å². The van der Waals surface area contributed by atoms with Gasteiger partial charge in [-0.3, -0.25) is 0 Å². The van der Waals surface area contributed by atoms with Crippen molar-refractivity contribution in [3.63, 3.8) is 0 Å². The van der Waals surface area contributed by atoms with E-state index in [0.717, 1.165) is 0 Å². The fourth-order valence-electron chi connectivity index (χ4n) is 0. The highest BCUT2D eigenvalue weighted by Gasteiger charge is 1.32. The summed E-state index contributed by atoms with van der Waals surface area (Å²) in [5.74, 6) is 0. The van der Waals surface area contributed by atoms with Crippen LogP contribution in [0.15, 0.2) is 12.3 Å². The minimum absolute atomic E-state index is 0. The predicted molar refractivity (Wildman–Crippen MR) is 33.5 cm³/mol. The van der Waals surface area contributed by atoms with Crippen LogP contribution in [-0.2, 0) is 0 Å². The molecule has 0 rings (SSSR count). The highest BCUT2D eigenvalue weighted by molar-refractivity contribution is 5.85. The Bertz CT molecular complexity index is 24.0. The van der Waals surface area contributed by atoms with E-state index >= 15 is 0 Å². The maximum Gasteiger partial charge on any atom is -0.0106 e. The fourth-order valence-corrected chi connectivity index (χ4v) is 0. The predicted octanol–water partition coefficient (Wildman–Crippen LogP) is 1.32. The van der Waals surface area contributed by atoms with Crippen molar-refractivity contribution in [2.24, 2.45) is 5.73 Å². The van der Waals surface area contributed by atoms with Crippen LogP contribution in [0.1, 0.15) is 6.92 Å². The zero-order chi connectivity index (χ0) is 3.41. The molecule has 0 atom stereocenters. The summed E-state index contributed by atoms with van der Waals surface area (Å²) in [6, 6.07) is 0. The number of allylic oxidation sites excluding steroid dienone is 1. The van der Waals surface area contributed by atoms with Gasteiger partial charge in [0.25, 0.3) is 0 Å². The lowest BCUT2D eigenvalue weighted by Gasteiger charge is -1.53. The molecule has 0 fully saturated rings. The molecular formula is C3H9Cl2N. The van der Waals surface area contributed by atoms with Crippen LogP contribution in [0.2, 0.25) is 0 Å². The smallest absolute Gasteiger partial charge is 0.0106 e. The lowest BCUT2D eigenvalue weighted by molar-refractivity contribution is 1.55. The van der Waals surface area contributed by atoms with Crippen LogP contribution < -0.4 is 5.73 Å². The van der Waals surface area contributed by atoms with Crippen LogP contribution in [0.3, 0.4) is 0 Å². The summed E-state index contributed by atoms with van der Waals surface area (Å²) in [4.78, 5) is 0. The average molecular weight is 130 g/mol. The molecule has 3 heteroatoms. The first-order valence-corrected chi connectivity index (χ1v) is 1.24. The summed E-state index contributed by atoms with van der Waals surface area (Å²) in [7, 11) is 0. The minimum Gasteiger partial charge on any atom is -0.405 e. The van der Waals surface area contributed by atoms with E-state index in [-0.39, 0.29) is 24.8 Å². The Morgan fingerprint density at radius 3 is 1.50 bits per heavy atom. The molecule has 40 valence electrons. The molecule has 0 spiro atoms. The molecular weight excluding hydrogens is 121 g/mol. The van der Waals surface area contributed by atoms with E-state index < -0.39 is 0 Å². The second kappa shape index (κ2) is 19.3. The van der Waals surface area contributed by atoms with Gasteiger partial charge in [-0.2, -0.15) is 0 Å². The summed E-state index contributed by atoms with van der Waals surface area (Å²) in [5, 5.41) is 0. The van der Waals surface area contributed by atoms with Gasteiger partial charge >= 0.3 is 0 Å². The molecule has 0 saturated carbocycles. The molecule has 0 saturated heterocycles. The Kier molecular flexibility index (Phi) is 53.1. The van der Waals surface area contributed by atoms with Crippen LogP contribution in [0.25, 0.3) is 0 Å². The van der Waals surface area contributed by atoms with Gasteiger partial charge in [0.05, 0.1) is 0 Å². The standard InChI is InChI=1S/C3H7N.2ClH/c1-2-3-4;;/h2-3H,4H2,1H3;2*1H. The Labute approximate surface area is 50.4 Å². The lowest BCUT2D eigenvalue weighted by Crippen LogP contribution is -1.70. The van der Waals surface area contributed by atoms with Crippen molar-refractivity contribution in [1.82, 2.24) is 0 Å². The third-order valence-electron chi connectivity index (χ3n) is 0.192. The molecule has 0 aliphatic rings. The molecule has 0 unspecified atom stereocenters. The van der Waals surface area contributed by atoms with Gasteiger partial charge in [-0.25, -0.2) is 0 Å². The maximum atomic E-state index is 4.85. The van der Waals surface area contributed by atoms with Crippen molar-refractivity contribution in [3.05, 3.63) is 12.3 Å². The van der Waals surface area contributed by atoms with Crippen molar-refractivity contribution < 1.29 is 0 Å². The van der Waals surface area contributed by atoms with Gasteiger partial charge in [-0.15, -0.1) is 24.8 Å². The van der Waals surface area contributed by atoms with Crippen LogP contribution in [0, 0.1) is 0 Å². The first-order valence-electron chi connectivity index (χ1n) is 1.24. The van der Waals surface area contributed by atoms with E-state index in [0.29, 0.717) is 0 Å². The Hall–Kier alpha value is 0.120. The Balaban J connectivity index is -0.0000000450. The van der Waals surface area contributed by atoms with Crippen LogP contribution in [0.4, 0.5) is 0 Å². The summed E-state index contributed by atoms with van der Waals surface area (Å²) >= 11 is 0. The second-order valence-corrected chi connectivity index (χ2v) is 0.526. The van der Waals surface area contributed by atoms with E-state index in [1.54, 1.807) is 6.08 Å². The van der Waals surface area contributed by atoms with Gasteiger partial charge in [0.2, 0.25) is 0 Å². The zero-order valence-electron chi connectivity index (χ0n) is 3.55. The molecule has 0 radical (unpaired) electrons. The van der Waals surface area contributed by atoms with Gasteiger partial charge < -0.3 is 5.73 Å². The van der Waals surface area contributed by atoms with Crippen LogP contribution in [0.5, 0.6) is 0 Å². The Morgan fingerprint density at radius 1 is 1.33 bits per heavy atom. The lowest BCUT2D eigenvalue weighted by atomic mass is 10.7. The number of rotatable bonds is 0. The first-order chi connectivity index (χ1) is 1.91. The quantitative estimate of drug-likeness (QED) is 0.525. The first kappa shape index (κ1) is 16.5. The fraction of sp³-hybridized carbons (Fsp3) is 0.333. The summed E-state index contributed by atoms with van der Waals surface area (Å²) in [5.41, 5.74) is 4.85. The highest BCUT2D eigenvalue weighted by atomic mass is 35.5. The van der Waals surface area contributed by atoms with E-state index in [4.69, 9.17) is 5.73 Å². The van der Waals surface area contributed by atoms with Crippen molar-refractivity contribution in [3.8, 4) is 0 Å². The third-order valence-corrected chi connectivity index (χ3v) is 0.192. The number of hydrogen-bond acceptors (Lipinski definition) is 1. The van der Waals surface area contributed by atoms with Crippen molar-refractivity contribution in [1.29, 1.82) is 0 Å². The van der Waals surface area contributed by atoms with E-state index in [1.807, 2.05) is 6.92 Å². The molecule has 0 aromatic heterocycles. The molecule has 2 N–H and O–H groups in total. The number of halogens is 2. The van der Waals surface area contributed by atoms with Gasteiger partial charge in [0, 0.05) is 0 Å². The van der Waals surface area contributed by atoms with E-state index in [1.165, 1.54) is 6.20 Å². The molecule has 0 bridgehead atoms. The third kappa shape index (κ3) is 32.0. The SMILES string of the molecule is CC=CN.Cl.Cl. The molecule has 1 nitrogen and oxygen atoms in total.